The first-order valence-electron chi connectivity index (χ1n) is 6.53. The van der Waals surface area contributed by atoms with E-state index in [4.69, 9.17) is 9.84 Å². The van der Waals surface area contributed by atoms with E-state index < -0.39 is 17.9 Å². The van der Waals surface area contributed by atoms with E-state index in [0.29, 0.717) is 5.75 Å². The molecule has 0 fully saturated rings. The maximum Gasteiger partial charge on any atom is 0.308 e. The molecule has 1 aromatic carbocycles. The third-order valence-electron chi connectivity index (χ3n) is 3.22. The van der Waals surface area contributed by atoms with Crippen molar-refractivity contribution in [2.24, 2.45) is 5.92 Å². The fraction of sp³-hybridized carbons (Fsp3) is 0.467. The van der Waals surface area contributed by atoms with Gasteiger partial charge in [0.1, 0.15) is 5.75 Å². The normalized spacial score (nSPS) is 13.4. The van der Waals surface area contributed by atoms with Gasteiger partial charge in [0.05, 0.1) is 5.92 Å². The molecule has 5 nitrogen and oxygen atoms in total. The van der Waals surface area contributed by atoms with E-state index in [-0.39, 0.29) is 12.5 Å². The van der Waals surface area contributed by atoms with Gasteiger partial charge in [-0.1, -0.05) is 17.7 Å². The number of amides is 1. The third kappa shape index (κ3) is 4.57. The molecule has 20 heavy (non-hydrogen) atoms. The quantitative estimate of drug-likeness (QED) is 0.834. The number of aliphatic carboxylic acids is 1. The van der Waals surface area contributed by atoms with Gasteiger partial charge in [-0.3, -0.25) is 9.59 Å². The molecule has 1 amide bonds. The molecule has 0 radical (unpaired) electrons. The summed E-state index contributed by atoms with van der Waals surface area (Å²) in [6.07, 6.45) is 0. The minimum absolute atomic E-state index is 0.124. The summed E-state index contributed by atoms with van der Waals surface area (Å²) >= 11 is 0. The zero-order chi connectivity index (χ0) is 15.3. The van der Waals surface area contributed by atoms with Crippen molar-refractivity contribution in [2.45, 2.75) is 33.7 Å². The van der Waals surface area contributed by atoms with Gasteiger partial charge in [-0.05, 0) is 39.3 Å². The molecule has 1 aromatic rings. The summed E-state index contributed by atoms with van der Waals surface area (Å²) in [5, 5.41) is 11.5. The van der Waals surface area contributed by atoms with Crippen molar-refractivity contribution >= 4 is 11.9 Å². The van der Waals surface area contributed by atoms with Gasteiger partial charge in [0.2, 0.25) is 0 Å². The van der Waals surface area contributed by atoms with Crippen molar-refractivity contribution in [3.8, 4) is 5.75 Å². The first kappa shape index (κ1) is 16.0. The monoisotopic (exact) mass is 279 g/mol. The number of nitrogens with one attached hydrogen (secondary N) is 1. The van der Waals surface area contributed by atoms with Crippen LogP contribution in [0.25, 0.3) is 0 Å². The van der Waals surface area contributed by atoms with E-state index in [2.05, 4.69) is 5.32 Å². The molecule has 2 N–H and O–H groups in total. The lowest BCUT2D eigenvalue weighted by Crippen LogP contribution is -2.42. The number of carboxylic acid groups (broad SMARTS) is 1. The molecule has 0 saturated heterocycles. The molecule has 0 aliphatic rings. The fourth-order valence-corrected chi connectivity index (χ4v) is 1.74. The van der Waals surface area contributed by atoms with Crippen LogP contribution in [0.4, 0.5) is 0 Å². The van der Waals surface area contributed by atoms with E-state index in [0.717, 1.165) is 11.1 Å². The van der Waals surface area contributed by atoms with Crippen molar-refractivity contribution in [3.05, 3.63) is 29.3 Å². The molecule has 5 heteroatoms. The van der Waals surface area contributed by atoms with Crippen molar-refractivity contribution in [1.29, 1.82) is 0 Å². The van der Waals surface area contributed by atoms with E-state index in [1.807, 2.05) is 32.0 Å². The molecule has 0 bridgehead atoms. The zero-order valence-corrected chi connectivity index (χ0v) is 12.3. The average molecular weight is 279 g/mol. The highest BCUT2D eigenvalue weighted by molar-refractivity contribution is 5.79. The standard InChI is InChI=1S/C15H21NO4/c1-9-5-6-13(10(2)7-9)20-8-14(17)16-12(4)11(3)15(18)19/h5-7,11-12H,8H2,1-4H3,(H,16,17)(H,18,19). The third-order valence-corrected chi connectivity index (χ3v) is 3.22. The lowest BCUT2D eigenvalue weighted by atomic mass is 10.0. The zero-order valence-electron chi connectivity index (χ0n) is 12.3. The van der Waals surface area contributed by atoms with E-state index >= 15 is 0 Å². The second-order valence-electron chi connectivity index (χ2n) is 5.04. The van der Waals surface area contributed by atoms with Crippen LogP contribution >= 0.6 is 0 Å². The highest BCUT2D eigenvalue weighted by Gasteiger charge is 2.21. The van der Waals surface area contributed by atoms with Crippen LogP contribution in [-0.4, -0.2) is 29.6 Å². The number of hydrogen-bond donors (Lipinski definition) is 2. The van der Waals surface area contributed by atoms with Gasteiger partial charge >= 0.3 is 5.97 Å². The largest absolute Gasteiger partial charge is 0.484 e. The van der Waals surface area contributed by atoms with E-state index in [1.165, 1.54) is 0 Å². The van der Waals surface area contributed by atoms with Crippen LogP contribution in [0, 0.1) is 19.8 Å². The summed E-state index contributed by atoms with van der Waals surface area (Å²) in [5.41, 5.74) is 2.09. The number of carbonyl (C=O) groups is 2. The summed E-state index contributed by atoms with van der Waals surface area (Å²) in [6, 6.07) is 5.27. The Morgan fingerprint density at radius 1 is 1.30 bits per heavy atom. The smallest absolute Gasteiger partial charge is 0.308 e. The Bertz CT molecular complexity index is 499. The average Bonchev–Trinajstić information content (AvgIpc) is 2.36. The summed E-state index contributed by atoms with van der Waals surface area (Å²) in [7, 11) is 0. The van der Waals surface area contributed by atoms with Crippen LogP contribution < -0.4 is 10.1 Å². The van der Waals surface area contributed by atoms with Crippen LogP contribution in [0.15, 0.2) is 18.2 Å². The summed E-state index contributed by atoms with van der Waals surface area (Å²) in [5.74, 6) is -1.25. The highest BCUT2D eigenvalue weighted by atomic mass is 16.5. The molecule has 0 aliphatic heterocycles. The Kier molecular flexibility index (Phi) is 5.55. The molecule has 1 rings (SSSR count). The number of ether oxygens (including phenoxy) is 1. The molecule has 110 valence electrons. The van der Waals surface area contributed by atoms with Crippen molar-refractivity contribution in [3.63, 3.8) is 0 Å². The van der Waals surface area contributed by atoms with Gasteiger partial charge in [-0.2, -0.15) is 0 Å². The molecule has 2 atom stereocenters. The molecule has 0 saturated carbocycles. The Hall–Kier alpha value is -2.04. The van der Waals surface area contributed by atoms with Gasteiger partial charge in [-0.25, -0.2) is 0 Å². The predicted molar refractivity (Wildman–Crippen MR) is 75.8 cm³/mol. The van der Waals surface area contributed by atoms with Crippen molar-refractivity contribution in [2.75, 3.05) is 6.61 Å². The summed E-state index contributed by atoms with van der Waals surface area (Å²) in [6.45, 7) is 6.99. The lowest BCUT2D eigenvalue weighted by Gasteiger charge is -2.18. The van der Waals surface area contributed by atoms with Gasteiger partial charge in [0.25, 0.3) is 5.91 Å². The summed E-state index contributed by atoms with van der Waals surface area (Å²) < 4.78 is 5.44. The Labute approximate surface area is 118 Å². The van der Waals surface area contributed by atoms with Crippen LogP contribution in [0.2, 0.25) is 0 Å². The minimum Gasteiger partial charge on any atom is -0.484 e. The molecular weight excluding hydrogens is 258 g/mol. The summed E-state index contributed by atoms with van der Waals surface area (Å²) in [4.78, 5) is 22.5. The van der Waals surface area contributed by atoms with Crippen LogP contribution in [0.1, 0.15) is 25.0 Å². The molecule has 0 spiro atoms. The van der Waals surface area contributed by atoms with Crippen LogP contribution in [-0.2, 0) is 9.59 Å². The Balaban J connectivity index is 2.49. The van der Waals surface area contributed by atoms with E-state index in [1.54, 1.807) is 13.8 Å². The number of carbonyl (C=O) groups excluding carboxylic acids is 1. The van der Waals surface area contributed by atoms with Crippen molar-refractivity contribution in [1.82, 2.24) is 5.32 Å². The maximum absolute atomic E-state index is 11.7. The topological polar surface area (TPSA) is 75.6 Å². The van der Waals surface area contributed by atoms with Crippen LogP contribution in [0.3, 0.4) is 0 Å². The van der Waals surface area contributed by atoms with Gasteiger partial charge in [0, 0.05) is 6.04 Å². The van der Waals surface area contributed by atoms with Gasteiger partial charge in [-0.15, -0.1) is 0 Å². The fourth-order valence-electron chi connectivity index (χ4n) is 1.74. The lowest BCUT2D eigenvalue weighted by molar-refractivity contribution is -0.142. The number of carboxylic acids is 1. The van der Waals surface area contributed by atoms with Crippen LogP contribution in [0.5, 0.6) is 5.75 Å². The minimum atomic E-state index is -0.937. The highest BCUT2D eigenvalue weighted by Crippen LogP contribution is 2.18. The molecule has 0 heterocycles. The Morgan fingerprint density at radius 2 is 1.95 bits per heavy atom. The second kappa shape index (κ2) is 6.93. The molecule has 0 aliphatic carbocycles. The number of aryl methyl sites for hydroxylation is 2. The van der Waals surface area contributed by atoms with Gasteiger partial charge in [0.15, 0.2) is 6.61 Å². The maximum atomic E-state index is 11.7. The SMILES string of the molecule is Cc1ccc(OCC(=O)NC(C)C(C)C(=O)O)c(C)c1. The van der Waals surface area contributed by atoms with E-state index in [9.17, 15) is 9.59 Å². The van der Waals surface area contributed by atoms with Gasteiger partial charge < -0.3 is 15.2 Å². The number of rotatable bonds is 6. The Morgan fingerprint density at radius 3 is 2.50 bits per heavy atom. The molecule has 0 aromatic heterocycles. The van der Waals surface area contributed by atoms with Crippen molar-refractivity contribution < 1.29 is 19.4 Å². The predicted octanol–water partition coefficient (Wildman–Crippen LogP) is 1.91. The molecular formula is C15H21NO4. The number of benzene rings is 1. The first-order valence-corrected chi connectivity index (χ1v) is 6.53. The molecule has 2 unspecified atom stereocenters. The number of hydrogen-bond acceptors (Lipinski definition) is 3. The second-order valence-corrected chi connectivity index (χ2v) is 5.04. The first-order chi connectivity index (χ1) is 9.31.